The molecule has 1 aromatic heterocycles. The van der Waals surface area contributed by atoms with Crippen molar-refractivity contribution in [2.45, 2.75) is 73.0 Å². The molecule has 0 aromatic carbocycles. The summed E-state index contributed by atoms with van der Waals surface area (Å²) in [7, 11) is 1.00. The van der Waals surface area contributed by atoms with Crippen LogP contribution in [-0.4, -0.2) is 57.8 Å². The molecule has 0 amide bonds. The van der Waals surface area contributed by atoms with Crippen LogP contribution in [0.2, 0.25) is 0 Å². The van der Waals surface area contributed by atoms with Gasteiger partial charge >= 0.3 is 5.97 Å². The number of hydrogen-bond donors (Lipinski definition) is 1. The molecule has 8 heteroatoms. The van der Waals surface area contributed by atoms with Crippen LogP contribution >= 0.6 is 11.7 Å². The first-order valence-corrected chi connectivity index (χ1v) is 10.9. The van der Waals surface area contributed by atoms with Crippen LogP contribution in [0.3, 0.4) is 0 Å². The molecule has 0 spiro atoms. The normalized spacial score (nSPS) is 14.6. The predicted molar refractivity (Wildman–Crippen MR) is 114 cm³/mol. The Morgan fingerprint density at radius 1 is 1.29 bits per heavy atom. The summed E-state index contributed by atoms with van der Waals surface area (Å²) in [6, 6.07) is 0. The molecule has 0 bridgehead atoms. The number of hydrogen-bond acceptors (Lipinski definition) is 8. The number of unbranched alkanes of at least 4 members (excludes halogenated alkanes) is 3. The maximum atomic E-state index is 11.2. The maximum absolute atomic E-state index is 11.2. The van der Waals surface area contributed by atoms with Gasteiger partial charge in [-0.05, 0) is 25.3 Å². The Bertz CT molecular complexity index is 563. The summed E-state index contributed by atoms with van der Waals surface area (Å²) in [6.07, 6.45) is 7.51. The lowest BCUT2D eigenvalue weighted by Gasteiger charge is -2.31. The van der Waals surface area contributed by atoms with E-state index in [0.29, 0.717) is 19.0 Å². The molecule has 2 heterocycles. The number of aliphatic hydroxyl groups is 1. The van der Waals surface area contributed by atoms with Crippen molar-refractivity contribution in [1.82, 2.24) is 13.6 Å². The van der Waals surface area contributed by atoms with E-state index < -0.39 is 0 Å². The van der Waals surface area contributed by atoms with Gasteiger partial charge in [0.2, 0.25) is 0 Å². The van der Waals surface area contributed by atoms with Crippen molar-refractivity contribution >= 4 is 23.3 Å². The van der Waals surface area contributed by atoms with Crippen molar-refractivity contribution in [1.29, 1.82) is 0 Å². The van der Waals surface area contributed by atoms with E-state index in [4.69, 9.17) is 14.6 Å². The number of ether oxygens (including phenoxy) is 2. The monoisotopic (exact) mass is 415 g/mol. The SMILES string of the molecule is CC.CCCCCCOc1nsnc1C1=CCCN(C(C)OC(C)=O)C1.CO. The molecule has 0 aliphatic carbocycles. The highest BCUT2D eigenvalue weighted by Gasteiger charge is 2.24. The van der Waals surface area contributed by atoms with Crippen LogP contribution in [0.4, 0.5) is 0 Å². The molecule has 1 aliphatic heterocycles. The lowest BCUT2D eigenvalue weighted by molar-refractivity contribution is -0.154. The van der Waals surface area contributed by atoms with E-state index >= 15 is 0 Å². The Kier molecular flexibility index (Phi) is 15.6. The minimum Gasteiger partial charge on any atom is -0.475 e. The lowest BCUT2D eigenvalue weighted by Crippen LogP contribution is -2.39. The van der Waals surface area contributed by atoms with Crippen molar-refractivity contribution in [3.8, 4) is 5.88 Å². The molecule has 7 nitrogen and oxygen atoms in total. The van der Waals surface area contributed by atoms with E-state index in [1.807, 2.05) is 20.8 Å². The summed E-state index contributed by atoms with van der Waals surface area (Å²) in [6.45, 7) is 11.8. The second kappa shape index (κ2) is 16.4. The molecule has 0 fully saturated rings. The molecule has 28 heavy (non-hydrogen) atoms. The van der Waals surface area contributed by atoms with Gasteiger partial charge in [0.15, 0.2) is 6.23 Å². The second-order valence-corrected chi connectivity index (χ2v) is 6.55. The third-order valence-electron chi connectivity index (χ3n) is 4.03. The number of carbonyl (C=O) groups excluding carboxylic acids is 1. The molecule has 0 saturated carbocycles. The van der Waals surface area contributed by atoms with Crippen LogP contribution in [0.15, 0.2) is 6.08 Å². The van der Waals surface area contributed by atoms with Crippen LogP contribution in [0.5, 0.6) is 5.88 Å². The quantitative estimate of drug-likeness (QED) is 0.479. The van der Waals surface area contributed by atoms with Gasteiger partial charge in [-0.2, -0.15) is 4.37 Å². The second-order valence-electron chi connectivity index (χ2n) is 6.02. The van der Waals surface area contributed by atoms with Crippen LogP contribution in [0.25, 0.3) is 5.57 Å². The van der Waals surface area contributed by atoms with Gasteiger partial charge < -0.3 is 14.6 Å². The fraction of sp³-hybridized carbons (Fsp3) is 0.750. The Morgan fingerprint density at radius 2 is 2.00 bits per heavy atom. The lowest BCUT2D eigenvalue weighted by atomic mass is 10.1. The van der Waals surface area contributed by atoms with Gasteiger partial charge in [0.25, 0.3) is 5.88 Å². The van der Waals surface area contributed by atoms with E-state index in [2.05, 4.69) is 26.6 Å². The average molecular weight is 416 g/mol. The van der Waals surface area contributed by atoms with Gasteiger partial charge in [0, 0.05) is 27.1 Å². The first-order valence-electron chi connectivity index (χ1n) is 10.1. The molecular weight excluding hydrogens is 378 g/mol. The summed E-state index contributed by atoms with van der Waals surface area (Å²) >= 11 is 1.18. The summed E-state index contributed by atoms with van der Waals surface area (Å²) in [4.78, 5) is 13.3. The number of aromatic nitrogens is 2. The van der Waals surface area contributed by atoms with Gasteiger partial charge in [0.05, 0.1) is 18.3 Å². The van der Waals surface area contributed by atoms with Crippen molar-refractivity contribution in [2.24, 2.45) is 0 Å². The Labute approximate surface area is 174 Å². The molecule has 0 saturated heterocycles. The smallest absolute Gasteiger partial charge is 0.304 e. The van der Waals surface area contributed by atoms with Gasteiger partial charge in [-0.3, -0.25) is 9.69 Å². The zero-order valence-corrected chi connectivity index (χ0v) is 19.0. The molecule has 0 radical (unpaired) electrons. The highest BCUT2D eigenvalue weighted by atomic mass is 32.1. The molecule has 1 aromatic rings. The molecule has 1 aliphatic rings. The van der Waals surface area contributed by atoms with Crippen molar-refractivity contribution in [3.63, 3.8) is 0 Å². The maximum Gasteiger partial charge on any atom is 0.304 e. The fourth-order valence-electron chi connectivity index (χ4n) is 2.73. The number of nitrogens with zero attached hydrogens (tertiary/aromatic N) is 3. The highest BCUT2D eigenvalue weighted by molar-refractivity contribution is 6.99. The summed E-state index contributed by atoms with van der Waals surface area (Å²) in [5.41, 5.74) is 1.92. The molecule has 162 valence electrons. The van der Waals surface area contributed by atoms with Crippen LogP contribution in [-0.2, 0) is 9.53 Å². The number of rotatable bonds is 9. The Balaban J connectivity index is 0.00000171. The van der Waals surface area contributed by atoms with Crippen molar-refractivity contribution in [2.75, 3.05) is 26.8 Å². The summed E-state index contributed by atoms with van der Waals surface area (Å²) in [5.74, 6) is 0.370. The number of esters is 1. The number of aliphatic hydroxyl groups excluding tert-OH is 1. The molecule has 1 atom stereocenters. The minimum atomic E-state index is -0.259. The highest BCUT2D eigenvalue weighted by Crippen LogP contribution is 2.28. The zero-order valence-electron chi connectivity index (χ0n) is 18.2. The largest absolute Gasteiger partial charge is 0.475 e. The summed E-state index contributed by atoms with van der Waals surface area (Å²) < 4.78 is 19.8. The van der Waals surface area contributed by atoms with E-state index in [9.17, 15) is 4.79 Å². The van der Waals surface area contributed by atoms with E-state index in [0.717, 1.165) is 37.8 Å². The minimum absolute atomic E-state index is 0.240. The first kappa shape index (κ1) is 26.5. The molecular formula is C20H37N3O4S. The van der Waals surface area contributed by atoms with E-state index in [-0.39, 0.29) is 12.2 Å². The Hall–Kier alpha value is -1.51. The summed E-state index contributed by atoms with van der Waals surface area (Å²) in [5, 5.41) is 7.00. The van der Waals surface area contributed by atoms with Gasteiger partial charge in [-0.1, -0.05) is 46.1 Å². The van der Waals surface area contributed by atoms with Crippen molar-refractivity contribution < 1.29 is 19.4 Å². The Morgan fingerprint density at radius 3 is 2.64 bits per heavy atom. The van der Waals surface area contributed by atoms with E-state index in [1.54, 1.807) is 0 Å². The topological polar surface area (TPSA) is 84.8 Å². The van der Waals surface area contributed by atoms with Crippen molar-refractivity contribution in [3.05, 3.63) is 11.8 Å². The first-order chi connectivity index (χ1) is 13.6. The zero-order chi connectivity index (χ0) is 21.4. The van der Waals surface area contributed by atoms with Crippen LogP contribution in [0.1, 0.15) is 72.4 Å². The average Bonchev–Trinajstić information content (AvgIpc) is 3.19. The standard InChI is InChI=1S/C17H27N3O3S.C2H6.CH4O/c1-4-5-6-7-11-22-17-16(18-24-19-17)15-9-8-10-20(12-15)13(2)23-14(3)21;2*1-2/h9,13H,4-8,10-12H2,1-3H3;1-2H3;2H,1H3. The third kappa shape index (κ3) is 9.61. The predicted octanol–water partition coefficient (Wildman–Crippen LogP) is 4.13. The van der Waals surface area contributed by atoms with Gasteiger partial charge in [-0.25, -0.2) is 0 Å². The molecule has 1 N–H and O–H groups in total. The van der Waals surface area contributed by atoms with Gasteiger partial charge in [0.1, 0.15) is 5.69 Å². The fourth-order valence-corrected chi connectivity index (χ4v) is 3.26. The molecule has 1 unspecified atom stereocenters. The number of carbonyl (C=O) groups is 1. The molecule has 2 rings (SSSR count). The van der Waals surface area contributed by atoms with Gasteiger partial charge in [-0.15, -0.1) is 4.37 Å². The third-order valence-corrected chi connectivity index (χ3v) is 4.54. The van der Waals surface area contributed by atoms with E-state index in [1.165, 1.54) is 37.9 Å². The van der Waals surface area contributed by atoms with Crippen LogP contribution < -0.4 is 4.74 Å². The van der Waals surface area contributed by atoms with Crippen LogP contribution in [0, 0.1) is 0 Å².